The van der Waals surface area contributed by atoms with E-state index in [1.807, 2.05) is 0 Å². The first kappa shape index (κ1) is 13.2. The Balaban J connectivity index is 2.11. The van der Waals surface area contributed by atoms with Gasteiger partial charge in [0.25, 0.3) is 5.91 Å². The number of ether oxygens (including phenoxy) is 1. The van der Waals surface area contributed by atoms with E-state index < -0.39 is 11.7 Å². The summed E-state index contributed by atoms with van der Waals surface area (Å²) in [4.78, 5) is 11.7. The molecule has 0 spiro atoms. The second-order valence-corrected chi connectivity index (χ2v) is 4.49. The van der Waals surface area contributed by atoms with E-state index >= 15 is 0 Å². The maximum Gasteiger partial charge on any atom is 0.286 e. The van der Waals surface area contributed by atoms with E-state index in [9.17, 15) is 9.18 Å². The Bertz CT molecular complexity index is 602. The van der Waals surface area contributed by atoms with Gasteiger partial charge in [-0.2, -0.15) is 0 Å². The lowest BCUT2D eigenvalue weighted by atomic mass is 10.3. The Kier molecular flexibility index (Phi) is 3.91. The third-order valence-corrected chi connectivity index (χ3v) is 2.88. The number of amides is 1. The Morgan fingerprint density at radius 3 is 2.89 bits per heavy atom. The molecule has 3 N–H and O–H groups in total. The minimum absolute atomic E-state index is 0.117. The van der Waals surface area contributed by atoms with Crippen LogP contribution in [0.1, 0.15) is 16.7 Å². The Morgan fingerprint density at radius 2 is 2.32 bits per heavy atom. The summed E-state index contributed by atoms with van der Waals surface area (Å²) in [7, 11) is 0. The van der Waals surface area contributed by atoms with Crippen LogP contribution in [0.5, 0.6) is 5.75 Å². The molecule has 1 heterocycles. The first-order valence-electron chi connectivity index (χ1n) is 5.43. The molecule has 0 unspecified atom stereocenters. The predicted octanol–water partition coefficient (Wildman–Crippen LogP) is 1.91. The smallest absolute Gasteiger partial charge is 0.286 e. The molecule has 0 saturated heterocycles. The molecular weight excluding hydrogens is 271 g/mol. The van der Waals surface area contributed by atoms with Gasteiger partial charge < -0.3 is 15.8 Å². The van der Waals surface area contributed by atoms with Crippen molar-refractivity contribution >= 4 is 28.1 Å². The number of nitrogens with two attached hydrogens (primary N) is 1. The van der Waals surface area contributed by atoms with Crippen LogP contribution in [0.4, 0.5) is 15.2 Å². The molecule has 0 bridgehead atoms. The molecular formula is C11H11FN4O2S. The molecule has 0 saturated carbocycles. The molecule has 0 radical (unpaired) electrons. The van der Waals surface area contributed by atoms with Gasteiger partial charge in [0.1, 0.15) is 0 Å². The Morgan fingerprint density at radius 1 is 1.53 bits per heavy atom. The number of benzene rings is 1. The monoisotopic (exact) mass is 282 g/mol. The zero-order valence-electron chi connectivity index (χ0n) is 10.0. The number of hydrogen-bond donors (Lipinski definition) is 2. The number of nitrogen functional groups attached to an aromatic ring is 1. The summed E-state index contributed by atoms with van der Waals surface area (Å²) in [5.74, 6) is -0.894. The molecule has 0 atom stereocenters. The van der Waals surface area contributed by atoms with Crippen molar-refractivity contribution in [3.8, 4) is 5.75 Å². The number of hydrogen-bond acceptors (Lipinski definition) is 6. The van der Waals surface area contributed by atoms with Crippen molar-refractivity contribution in [2.75, 3.05) is 17.7 Å². The number of nitrogens with zero attached hydrogens (tertiary/aromatic N) is 2. The number of carbonyl (C=O) groups is 1. The summed E-state index contributed by atoms with van der Waals surface area (Å²) in [5, 5.41) is 9.94. The largest absolute Gasteiger partial charge is 0.491 e. The third-order valence-electron chi connectivity index (χ3n) is 2.12. The van der Waals surface area contributed by atoms with Crippen LogP contribution in [-0.4, -0.2) is 22.7 Å². The SMILES string of the molecule is CCOc1ccc(NC(=O)c2nnc(N)s2)cc1F. The van der Waals surface area contributed by atoms with Gasteiger partial charge >= 0.3 is 0 Å². The number of halogens is 1. The van der Waals surface area contributed by atoms with Crippen molar-refractivity contribution in [2.45, 2.75) is 6.92 Å². The molecule has 19 heavy (non-hydrogen) atoms. The molecule has 0 aliphatic rings. The molecule has 2 rings (SSSR count). The number of carbonyl (C=O) groups excluding carboxylic acids is 1. The highest BCUT2D eigenvalue weighted by Gasteiger charge is 2.13. The summed E-state index contributed by atoms with van der Waals surface area (Å²) >= 11 is 0.956. The molecule has 1 amide bonds. The standard InChI is InChI=1S/C11H11FN4O2S/c1-2-18-8-4-3-6(5-7(8)12)14-9(17)10-15-16-11(13)19-10/h3-5H,2H2,1H3,(H2,13,16)(H,14,17). The van der Waals surface area contributed by atoms with Crippen LogP contribution in [0.15, 0.2) is 18.2 Å². The van der Waals surface area contributed by atoms with Crippen LogP contribution >= 0.6 is 11.3 Å². The van der Waals surface area contributed by atoms with Crippen LogP contribution in [0, 0.1) is 5.82 Å². The van der Waals surface area contributed by atoms with Crippen molar-refractivity contribution in [3.05, 3.63) is 29.0 Å². The molecule has 0 aliphatic heterocycles. The lowest BCUT2D eigenvalue weighted by Gasteiger charge is -2.07. The van der Waals surface area contributed by atoms with Crippen molar-refractivity contribution in [1.82, 2.24) is 10.2 Å². The van der Waals surface area contributed by atoms with Gasteiger partial charge in [-0.25, -0.2) is 4.39 Å². The average molecular weight is 282 g/mol. The molecule has 100 valence electrons. The van der Waals surface area contributed by atoms with Gasteiger partial charge in [-0.15, -0.1) is 10.2 Å². The number of anilines is 2. The normalized spacial score (nSPS) is 10.2. The number of rotatable bonds is 4. The zero-order valence-corrected chi connectivity index (χ0v) is 10.8. The summed E-state index contributed by atoms with van der Waals surface area (Å²) in [6.07, 6.45) is 0. The van der Waals surface area contributed by atoms with Crippen molar-refractivity contribution < 1.29 is 13.9 Å². The highest BCUT2D eigenvalue weighted by atomic mass is 32.1. The van der Waals surface area contributed by atoms with E-state index in [0.29, 0.717) is 12.3 Å². The molecule has 8 heteroatoms. The van der Waals surface area contributed by atoms with Gasteiger partial charge in [0.05, 0.1) is 6.61 Å². The van der Waals surface area contributed by atoms with E-state index in [-0.39, 0.29) is 15.9 Å². The maximum atomic E-state index is 13.6. The van der Waals surface area contributed by atoms with Gasteiger partial charge in [0.2, 0.25) is 10.1 Å². The molecule has 1 aromatic heterocycles. The second-order valence-electron chi connectivity index (χ2n) is 3.48. The Labute approximate surface area is 112 Å². The van der Waals surface area contributed by atoms with Crippen molar-refractivity contribution in [3.63, 3.8) is 0 Å². The molecule has 6 nitrogen and oxygen atoms in total. The fraction of sp³-hybridized carbons (Fsp3) is 0.182. The minimum Gasteiger partial charge on any atom is -0.491 e. The van der Waals surface area contributed by atoms with Crippen LogP contribution in [0.25, 0.3) is 0 Å². The van der Waals surface area contributed by atoms with Crippen LogP contribution in [0.2, 0.25) is 0 Å². The van der Waals surface area contributed by atoms with E-state index in [1.54, 1.807) is 6.92 Å². The summed E-state index contributed by atoms with van der Waals surface area (Å²) < 4.78 is 18.6. The maximum absolute atomic E-state index is 13.6. The topological polar surface area (TPSA) is 90.1 Å². The van der Waals surface area contributed by atoms with Gasteiger partial charge in [-0.1, -0.05) is 11.3 Å². The highest BCUT2D eigenvalue weighted by molar-refractivity contribution is 7.16. The molecule has 0 aliphatic carbocycles. The highest BCUT2D eigenvalue weighted by Crippen LogP contribution is 2.22. The van der Waals surface area contributed by atoms with Gasteiger partial charge in [0.15, 0.2) is 11.6 Å². The fourth-order valence-corrected chi connectivity index (χ4v) is 1.87. The van der Waals surface area contributed by atoms with E-state index in [0.717, 1.165) is 11.3 Å². The summed E-state index contributed by atoms with van der Waals surface area (Å²) in [6.45, 7) is 2.13. The number of nitrogens with one attached hydrogen (secondary N) is 1. The minimum atomic E-state index is -0.545. The first-order chi connectivity index (χ1) is 9.10. The molecule has 2 aromatic rings. The fourth-order valence-electron chi connectivity index (χ4n) is 1.36. The van der Waals surface area contributed by atoms with Crippen molar-refractivity contribution in [2.24, 2.45) is 0 Å². The van der Waals surface area contributed by atoms with Crippen molar-refractivity contribution in [1.29, 1.82) is 0 Å². The number of aromatic nitrogens is 2. The molecule has 0 fully saturated rings. The quantitative estimate of drug-likeness (QED) is 0.894. The van der Waals surface area contributed by atoms with Gasteiger partial charge in [-0.3, -0.25) is 4.79 Å². The average Bonchev–Trinajstić information content (AvgIpc) is 2.80. The van der Waals surface area contributed by atoms with E-state index in [2.05, 4.69) is 15.5 Å². The van der Waals surface area contributed by atoms with Crippen LogP contribution in [0.3, 0.4) is 0 Å². The van der Waals surface area contributed by atoms with Crippen LogP contribution < -0.4 is 15.8 Å². The predicted molar refractivity (Wildman–Crippen MR) is 69.8 cm³/mol. The first-order valence-corrected chi connectivity index (χ1v) is 6.24. The van der Waals surface area contributed by atoms with Gasteiger partial charge in [0, 0.05) is 11.8 Å². The molecule has 1 aromatic carbocycles. The van der Waals surface area contributed by atoms with E-state index in [1.165, 1.54) is 18.2 Å². The lowest BCUT2D eigenvalue weighted by molar-refractivity contribution is 0.102. The zero-order chi connectivity index (χ0) is 13.8. The third kappa shape index (κ3) is 3.16. The van der Waals surface area contributed by atoms with Gasteiger partial charge in [-0.05, 0) is 19.1 Å². The second kappa shape index (κ2) is 5.61. The lowest BCUT2D eigenvalue weighted by Crippen LogP contribution is -2.11. The summed E-state index contributed by atoms with van der Waals surface area (Å²) in [6, 6.07) is 4.16. The summed E-state index contributed by atoms with van der Waals surface area (Å²) in [5.41, 5.74) is 5.68. The van der Waals surface area contributed by atoms with E-state index in [4.69, 9.17) is 10.5 Å². The Hall–Kier alpha value is -2.22. The van der Waals surface area contributed by atoms with Crippen LogP contribution in [-0.2, 0) is 0 Å².